The van der Waals surface area contributed by atoms with Gasteiger partial charge < -0.3 is 24.8 Å². The van der Waals surface area contributed by atoms with Gasteiger partial charge in [0.2, 0.25) is 0 Å². The molecule has 0 spiro atoms. The van der Waals surface area contributed by atoms with E-state index < -0.39 is 21.6 Å². The molecular weight excluding hydrogens is 520 g/mol. The van der Waals surface area contributed by atoms with Gasteiger partial charge in [-0.05, 0) is 0 Å². The number of nitrogens with one attached hydrogen (secondary N) is 1. The van der Waals surface area contributed by atoms with Crippen LogP contribution in [0.15, 0.2) is 79.1 Å². The largest absolute Gasteiger partial charge is 1.00 e. The summed E-state index contributed by atoms with van der Waals surface area (Å²) < 4.78 is 9.26. The van der Waals surface area contributed by atoms with E-state index in [1.807, 2.05) is 0 Å². The maximum atomic E-state index is 3.93. The van der Waals surface area contributed by atoms with E-state index in [2.05, 4.69) is 105 Å². The second-order valence-electron chi connectivity index (χ2n) is 6.67. The third-order valence-electron chi connectivity index (χ3n) is 5.16. The molecule has 0 saturated heterocycles. The minimum atomic E-state index is -2.20. The van der Waals surface area contributed by atoms with Crippen LogP contribution < -0.4 is 28.1 Å². The topological polar surface area (TPSA) is 12.0 Å². The van der Waals surface area contributed by atoms with Crippen molar-refractivity contribution in [2.75, 3.05) is 3.26 Å². The Balaban J connectivity index is 0.00000182. The number of hydrogen-bond acceptors (Lipinski definition) is 1. The first-order valence-corrected chi connectivity index (χ1v) is 13.3. The fraction of sp³-hybridized carbons (Fsp3) is 0.227. The zero-order valence-corrected chi connectivity index (χ0v) is 21.5. The van der Waals surface area contributed by atoms with Gasteiger partial charge >= 0.3 is 168 Å². The molecule has 2 aromatic carbocycles. The van der Waals surface area contributed by atoms with Crippen molar-refractivity contribution >= 4 is 25.3 Å². The van der Waals surface area contributed by atoms with Gasteiger partial charge in [-0.3, -0.25) is 0 Å². The molecule has 0 aliphatic heterocycles. The number of halogens is 3. The van der Waals surface area contributed by atoms with Gasteiger partial charge in [-0.2, -0.15) is 0 Å². The van der Waals surface area contributed by atoms with E-state index in [1.54, 1.807) is 3.28 Å². The minimum Gasteiger partial charge on any atom is -1.00 e. The molecule has 1 N–H and O–H groups in total. The summed E-state index contributed by atoms with van der Waals surface area (Å²) in [6.45, 7) is 9.24. The Kier molecular flexibility index (Phi) is 9.93. The predicted molar refractivity (Wildman–Crippen MR) is 110 cm³/mol. The van der Waals surface area contributed by atoms with Crippen molar-refractivity contribution < 1.29 is 46.4 Å². The van der Waals surface area contributed by atoms with E-state index in [-0.39, 0.29) is 24.8 Å². The van der Waals surface area contributed by atoms with E-state index in [4.69, 9.17) is 0 Å². The van der Waals surface area contributed by atoms with Crippen LogP contribution in [0.2, 0.25) is 0 Å². The normalized spacial score (nSPS) is 16.1. The van der Waals surface area contributed by atoms with Crippen molar-refractivity contribution in [2.24, 2.45) is 5.92 Å². The van der Waals surface area contributed by atoms with Crippen LogP contribution in [-0.4, -0.2) is 3.71 Å². The second-order valence-corrected chi connectivity index (χ2v) is 12.3. The summed E-state index contributed by atoms with van der Waals surface area (Å²) >= 11 is 1.34. The number of hydrogen-bond donors (Lipinski definition) is 1. The molecule has 0 radical (unpaired) electrons. The zero-order valence-electron chi connectivity index (χ0n) is 16.0. The molecule has 2 aromatic rings. The van der Waals surface area contributed by atoms with Crippen LogP contribution in [0.1, 0.15) is 33.3 Å². The van der Waals surface area contributed by atoms with Gasteiger partial charge in [0.05, 0.1) is 0 Å². The summed E-state index contributed by atoms with van der Waals surface area (Å²) in [6, 6.07) is 19.3. The molecule has 1 unspecified atom stereocenters. The summed E-state index contributed by atoms with van der Waals surface area (Å²) in [6.07, 6.45) is 0. The molecule has 0 aromatic heterocycles. The van der Waals surface area contributed by atoms with Crippen LogP contribution in [0.3, 0.4) is 0 Å². The molecule has 1 aliphatic carbocycles. The molecule has 0 heterocycles. The Morgan fingerprint density at radius 1 is 0.889 bits per heavy atom. The predicted octanol–water partition coefficient (Wildman–Crippen LogP) is 0.513. The van der Waals surface area contributed by atoms with Gasteiger partial charge in [0, 0.05) is 0 Å². The van der Waals surface area contributed by atoms with E-state index in [0.29, 0.717) is 5.92 Å². The molecule has 27 heavy (non-hydrogen) atoms. The fourth-order valence-corrected chi connectivity index (χ4v) is 10.1. The molecule has 1 atom stereocenters. The van der Waals surface area contributed by atoms with Crippen LogP contribution in [0.5, 0.6) is 0 Å². The molecule has 1 aliphatic rings. The monoisotopic (exact) mass is 541 g/mol. The first kappa shape index (κ1) is 24.6. The molecule has 0 amide bonds. The Morgan fingerprint density at radius 2 is 1.48 bits per heavy atom. The summed E-state index contributed by atoms with van der Waals surface area (Å²) in [5.74, 6) is 0.553. The maximum absolute atomic E-state index is 3.93. The van der Waals surface area contributed by atoms with Crippen molar-refractivity contribution in [3.63, 3.8) is 0 Å². The van der Waals surface area contributed by atoms with Crippen molar-refractivity contribution in [3.05, 3.63) is 84.6 Å². The van der Waals surface area contributed by atoms with Crippen molar-refractivity contribution in [1.82, 2.24) is 0 Å². The average molecular weight is 544 g/mol. The van der Waals surface area contributed by atoms with Gasteiger partial charge in [-0.15, -0.1) is 0 Å². The second kappa shape index (κ2) is 10.9. The minimum absolute atomic E-state index is 0. The van der Waals surface area contributed by atoms with Gasteiger partial charge in [-0.1, -0.05) is 0 Å². The Morgan fingerprint density at radius 3 is 2.00 bits per heavy atom. The fourth-order valence-electron chi connectivity index (χ4n) is 3.38. The van der Waals surface area contributed by atoms with Crippen LogP contribution in [-0.2, 0) is 21.6 Å². The standard InChI is InChI=1S/C9H13.C7H6.C6H5BrN.2ClH.Zr/c1-6-5-7(2)9(4)8(6)3;1-7-5-3-2-4-6-7;7-5-1-3-6(8)4-2-5;;;/h6H,1-4H3;1-6H;1-4,8H;2*1H;/q;;-1;;;+3/p-2. The summed E-state index contributed by atoms with van der Waals surface area (Å²) in [5, 5.41) is 0. The van der Waals surface area contributed by atoms with E-state index in [1.165, 1.54) is 28.0 Å². The number of benzene rings is 2. The molecule has 5 heteroatoms. The smallest absolute Gasteiger partial charge is 1.00 e. The van der Waals surface area contributed by atoms with E-state index >= 15 is 0 Å². The summed E-state index contributed by atoms with van der Waals surface area (Å²) in [5.41, 5.74) is 7.08. The maximum Gasteiger partial charge on any atom is -1.00 e. The summed E-state index contributed by atoms with van der Waals surface area (Å²) in [7, 11) is 0. The molecule has 1 nitrogen and oxygen atoms in total. The number of rotatable bonds is 4. The molecule has 3 rings (SSSR count). The molecule has 0 saturated carbocycles. The van der Waals surface area contributed by atoms with Crippen molar-refractivity contribution in [1.29, 1.82) is 0 Å². The first-order chi connectivity index (χ1) is 12.0. The zero-order chi connectivity index (χ0) is 18.0. The Hall–Kier alpha value is -0.467. The Bertz CT molecular complexity index is 871. The summed E-state index contributed by atoms with van der Waals surface area (Å²) in [4.78, 5) is 0. The van der Waals surface area contributed by atoms with Gasteiger partial charge in [-0.25, -0.2) is 0 Å². The quantitative estimate of drug-likeness (QED) is 0.592. The third kappa shape index (κ3) is 5.76. The van der Waals surface area contributed by atoms with Crippen molar-refractivity contribution in [3.8, 4) is 0 Å². The van der Waals surface area contributed by atoms with Gasteiger partial charge in [0.25, 0.3) is 0 Å². The first-order valence-electron chi connectivity index (χ1n) is 8.65. The molecular formula is C22H24BrCl2NZr. The molecule has 0 bridgehead atoms. The number of anilines is 1. The van der Waals surface area contributed by atoms with Gasteiger partial charge in [0.1, 0.15) is 0 Å². The van der Waals surface area contributed by atoms with E-state index in [0.717, 1.165) is 4.47 Å². The average Bonchev–Trinajstić information content (AvgIpc) is 2.81. The number of allylic oxidation sites excluding steroid dienone is 4. The van der Waals surface area contributed by atoms with Crippen molar-refractivity contribution in [2.45, 2.75) is 27.7 Å². The van der Waals surface area contributed by atoms with Crippen LogP contribution in [0, 0.1) is 5.92 Å². The van der Waals surface area contributed by atoms with Crippen LogP contribution in [0.4, 0.5) is 5.69 Å². The van der Waals surface area contributed by atoms with Crippen LogP contribution in [0.25, 0.3) is 0 Å². The van der Waals surface area contributed by atoms with E-state index in [9.17, 15) is 0 Å². The third-order valence-corrected chi connectivity index (χ3v) is 12.0. The Labute approximate surface area is 191 Å². The van der Waals surface area contributed by atoms with Crippen LogP contribution >= 0.6 is 15.9 Å². The molecule has 0 fully saturated rings. The molecule has 142 valence electrons. The SMILES string of the molecule is CC1=C(C)C(C)[C](/[Zr+2](=[CH]\c2ccccc2)[NH]c2ccc(Br)cc2)=C1C.[Cl-].[Cl-]. The van der Waals surface area contributed by atoms with Gasteiger partial charge in [0.15, 0.2) is 0 Å².